The van der Waals surface area contributed by atoms with Crippen LogP contribution in [-0.4, -0.2) is 19.6 Å². The normalized spacial score (nSPS) is 9.35. The van der Waals surface area contributed by atoms with E-state index in [0.717, 1.165) is 0 Å². The minimum Gasteiger partial charge on any atom is -0.465 e. The van der Waals surface area contributed by atoms with Gasteiger partial charge in [-0.25, -0.2) is 4.79 Å². The fourth-order valence-electron chi connectivity index (χ4n) is 1.37. The van der Waals surface area contributed by atoms with Crippen LogP contribution in [0.4, 0.5) is 5.69 Å². The number of benzene rings is 1. The lowest BCUT2D eigenvalue weighted by Crippen LogP contribution is -2.06. The third-order valence-electron chi connectivity index (χ3n) is 2.36. The van der Waals surface area contributed by atoms with E-state index in [9.17, 15) is 4.79 Å². The van der Waals surface area contributed by atoms with E-state index in [-0.39, 0.29) is 0 Å². The average molecular weight is 232 g/mol. The van der Waals surface area contributed by atoms with Gasteiger partial charge in [0.05, 0.1) is 12.7 Å². The van der Waals surface area contributed by atoms with Gasteiger partial charge in [0.2, 0.25) is 0 Å². The molecule has 0 fully saturated rings. The molecule has 0 radical (unpaired) electrons. The first-order valence-corrected chi connectivity index (χ1v) is 5.27. The first-order valence-electron chi connectivity index (χ1n) is 5.27. The average Bonchev–Trinajstić information content (AvgIpc) is 2.32. The minimum absolute atomic E-state index is 0.406. The maximum Gasteiger partial charge on any atom is 0.338 e. The van der Waals surface area contributed by atoms with E-state index in [1.807, 2.05) is 0 Å². The highest BCUT2D eigenvalue weighted by Crippen LogP contribution is 2.19. The van der Waals surface area contributed by atoms with Crippen molar-refractivity contribution in [3.05, 3.63) is 28.8 Å². The van der Waals surface area contributed by atoms with Crippen molar-refractivity contribution in [3.8, 4) is 11.8 Å². The number of methoxy groups -OCH3 is 1. The van der Waals surface area contributed by atoms with Crippen LogP contribution in [0.2, 0.25) is 0 Å². The molecule has 90 valence electrons. The number of carbonyl (C=O) groups excluding carboxylic acids is 1. The fraction of sp³-hybridized carbons (Fsp3) is 0.308. The molecule has 0 atom stereocenters. The fourth-order valence-corrected chi connectivity index (χ4v) is 1.37. The Bertz CT molecular complexity index is 484. The molecule has 0 bridgehead atoms. The SMILES string of the molecule is COC(=O)c1cc(C#CCCN)cc(N)c1C. The van der Waals surface area contributed by atoms with Gasteiger partial charge in [0, 0.05) is 24.2 Å². The number of anilines is 1. The van der Waals surface area contributed by atoms with Gasteiger partial charge in [0.1, 0.15) is 0 Å². The van der Waals surface area contributed by atoms with Gasteiger partial charge < -0.3 is 16.2 Å². The summed E-state index contributed by atoms with van der Waals surface area (Å²) in [7, 11) is 1.34. The van der Waals surface area contributed by atoms with E-state index in [4.69, 9.17) is 16.2 Å². The highest BCUT2D eigenvalue weighted by atomic mass is 16.5. The summed E-state index contributed by atoms with van der Waals surface area (Å²) in [5.41, 5.74) is 13.5. The number of nitrogens with two attached hydrogens (primary N) is 2. The van der Waals surface area contributed by atoms with Gasteiger partial charge in [-0.1, -0.05) is 11.8 Å². The predicted molar refractivity (Wildman–Crippen MR) is 67.5 cm³/mol. The van der Waals surface area contributed by atoms with Crippen molar-refractivity contribution in [2.75, 3.05) is 19.4 Å². The highest BCUT2D eigenvalue weighted by molar-refractivity contribution is 5.93. The lowest BCUT2D eigenvalue weighted by atomic mass is 10.0. The number of hydrogen-bond donors (Lipinski definition) is 2. The van der Waals surface area contributed by atoms with Crippen molar-refractivity contribution in [2.45, 2.75) is 13.3 Å². The molecule has 4 nitrogen and oxygen atoms in total. The van der Waals surface area contributed by atoms with Crippen LogP contribution in [0.25, 0.3) is 0 Å². The molecule has 0 aromatic heterocycles. The summed E-state index contributed by atoms with van der Waals surface area (Å²) in [6.07, 6.45) is 0.612. The molecule has 0 saturated heterocycles. The van der Waals surface area contributed by atoms with Crippen molar-refractivity contribution >= 4 is 11.7 Å². The summed E-state index contributed by atoms with van der Waals surface area (Å²) in [6, 6.07) is 3.42. The maximum absolute atomic E-state index is 11.5. The van der Waals surface area contributed by atoms with Crippen LogP contribution >= 0.6 is 0 Å². The molecule has 0 aliphatic rings. The Labute approximate surface area is 101 Å². The molecule has 0 heterocycles. The zero-order valence-corrected chi connectivity index (χ0v) is 10.0. The zero-order valence-electron chi connectivity index (χ0n) is 10.0. The van der Waals surface area contributed by atoms with Crippen LogP contribution in [0.15, 0.2) is 12.1 Å². The number of carbonyl (C=O) groups is 1. The molecule has 17 heavy (non-hydrogen) atoms. The van der Waals surface area contributed by atoms with Gasteiger partial charge in [-0.3, -0.25) is 0 Å². The van der Waals surface area contributed by atoms with Crippen molar-refractivity contribution in [1.82, 2.24) is 0 Å². The van der Waals surface area contributed by atoms with Gasteiger partial charge in [0.25, 0.3) is 0 Å². The monoisotopic (exact) mass is 232 g/mol. The largest absolute Gasteiger partial charge is 0.465 e. The van der Waals surface area contributed by atoms with Gasteiger partial charge in [-0.15, -0.1) is 0 Å². The number of nitrogen functional groups attached to an aromatic ring is 1. The molecular weight excluding hydrogens is 216 g/mol. The van der Waals surface area contributed by atoms with Gasteiger partial charge in [-0.05, 0) is 24.6 Å². The van der Waals surface area contributed by atoms with Crippen LogP contribution in [-0.2, 0) is 4.74 Å². The summed E-state index contributed by atoms with van der Waals surface area (Å²) in [4.78, 5) is 11.5. The topological polar surface area (TPSA) is 78.3 Å². The number of rotatable bonds is 2. The van der Waals surface area contributed by atoms with Gasteiger partial charge in [-0.2, -0.15) is 0 Å². The highest BCUT2D eigenvalue weighted by Gasteiger charge is 2.12. The second-order valence-electron chi connectivity index (χ2n) is 3.57. The molecule has 4 N–H and O–H groups in total. The number of esters is 1. The van der Waals surface area contributed by atoms with Gasteiger partial charge in [0.15, 0.2) is 0 Å². The number of ether oxygens (including phenoxy) is 1. The lowest BCUT2D eigenvalue weighted by molar-refractivity contribution is 0.0600. The molecule has 0 unspecified atom stereocenters. The molecule has 0 aliphatic carbocycles. The lowest BCUT2D eigenvalue weighted by Gasteiger charge is -2.07. The Hall–Kier alpha value is -1.99. The maximum atomic E-state index is 11.5. The molecule has 1 aromatic rings. The molecule has 0 spiro atoms. The predicted octanol–water partition coefficient (Wildman–Crippen LogP) is 1.06. The summed E-state index contributed by atoms with van der Waals surface area (Å²) < 4.78 is 4.69. The van der Waals surface area contributed by atoms with Crippen molar-refractivity contribution in [3.63, 3.8) is 0 Å². The van der Waals surface area contributed by atoms with E-state index >= 15 is 0 Å². The minimum atomic E-state index is -0.406. The second kappa shape index (κ2) is 5.92. The Balaban J connectivity index is 3.16. The van der Waals surface area contributed by atoms with E-state index in [1.165, 1.54) is 7.11 Å². The first-order chi connectivity index (χ1) is 8.10. The summed E-state index contributed by atoms with van der Waals surface area (Å²) >= 11 is 0. The van der Waals surface area contributed by atoms with Crippen LogP contribution < -0.4 is 11.5 Å². The standard InChI is InChI=1S/C13H16N2O2/c1-9-11(13(16)17-2)7-10(8-12(9)15)5-3-4-6-14/h7-8H,4,6,14-15H2,1-2H3. The molecule has 0 aliphatic heterocycles. The molecule has 4 heteroatoms. The van der Waals surface area contributed by atoms with Crippen LogP contribution in [0.5, 0.6) is 0 Å². The molecular formula is C13H16N2O2. The van der Waals surface area contributed by atoms with E-state index in [2.05, 4.69) is 11.8 Å². The van der Waals surface area contributed by atoms with Gasteiger partial charge >= 0.3 is 5.97 Å². The summed E-state index contributed by atoms with van der Waals surface area (Å²) in [5, 5.41) is 0. The quantitative estimate of drug-likeness (QED) is 0.454. The van der Waals surface area contributed by atoms with Crippen LogP contribution in [0.3, 0.4) is 0 Å². The number of hydrogen-bond acceptors (Lipinski definition) is 4. The molecule has 0 amide bonds. The molecule has 1 rings (SSSR count). The Morgan fingerprint density at radius 2 is 2.18 bits per heavy atom. The summed E-state index contributed by atoms with van der Waals surface area (Å²) in [5.74, 6) is 5.41. The van der Waals surface area contributed by atoms with Crippen LogP contribution in [0.1, 0.15) is 27.9 Å². The second-order valence-corrected chi connectivity index (χ2v) is 3.57. The molecule has 0 saturated carbocycles. The third kappa shape index (κ3) is 3.23. The Morgan fingerprint density at radius 1 is 1.47 bits per heavy atom. The van der Waals surface area contributed by atoms with Crippen LogP contribution in [0, 0.1) is 18.8 Å². The van der Waals surface area contributed by atoms with E-state index in [1.54, 1.807) is 19.1 Å². The Kier molecular flexibility index (Phi) is 4.56. The van der Waals surface area contributed by atoms with Crippen molar-refractivity contribution < 1.29 is 9.53 Å². The molecule has 1 aromatic carbocycles. The van der Waals surface area contributed by atoms with E-state index < -0.39 is 5.97 Å². The first kappa shape index (κ1) is 13.1. The van der Waals surface area contributed by atoms with Crippen molar-refractivity contribution in [2.24, 2.45) is 5.73 Å². The van der Waals surface area contributed by atoms with E-state index in [0.29, 0.717) is 35.3 Å². The van der Waals surface area contributed by atoms with Crippen molar-refractivity contribution in [1.29, 1.82) is 0 Å². The summed E-state index contributed by atoms with van der Waals surface area (Å²) in [6.45, 7) is 2.29. The third-order valence-corrected chi connectivity index (χ3v) is 2.36. The smallest absolute Gasteiger partial charge is 0.338 e. The zero-order chi connectivity index (χ0) is 12.8. The Morgan fingerprint density at radius 3 is 2.76 bits per heavy atom.